The second kappa shape index (κ2) is 7.52. The number of fused-ring (bicyclic) bond motifs is 2. The van der Waals surface area contributed by atoms with Crippen molar-refractivity contribution >= 4 is 35.2 Å². The number of esters is 1. The number of benzene rings is 1. The Bertz CT molecular complexity index is 1210. The second-order valence-electron chi connectivity index (χ2n) is 7.58. The summed E-state index contributed by atoms with van der Waals surface area (Å²) in [5.74, 6) is -0.0460. The Balaban J connectivity index is 1.20. The van der Waals surface area contributed by atoms with Gasteiger partial charge in [0.1, 0.15) is 24.4 Å². The van der Waals surface area contributed by atoms with Crippen LogP contribution in [0, 0.1) is 0 Å². The summed E-state index contributed by atoms with van der Waals surface area (Å²) in [4.78, 5) is 45.0. The maximum atomic E-state index is 12.5. The molecule has 1 fully saturated rings. The van der Waals surface area contributed by atoms with Gasteiger partial charge in [-0.15, -0.1) is 0 Å². The zero-order valence-electron chi connectivity index (χ0n) is 17.3. The van der Waals surface area contributed by atoms with Crippen molar-refractivity contribution in [3.8, 4) is 11.5 Å². The minimum Gasteiger partial charge on any atom is -0.458 e. The molecule has 0 N–H and O–H groups in total. The van der Waals surface area contributed by atoms with Crippen LogP contribution in [0.3, 0.4) is 0 Å². The number of likely N-dealkylation sites (N-methyl/N-ethyl adjacent to an activating group) is 2. The van der Waals surface area contributed by atoms with Gasteiger partial charge in [0, 0.05) is 25.5 Å². The Labute approximate surface area is 181 Å². The van der Waals surface area contributed by atoms with Gasteiger partial charge in [0.2, 0.25) is 5.76 Å². The molecule has 11 heteroatoms. The third kappa shape index (κ3) is 3.27. The zero-order chi connectivity index (χ0) is 22.4. The van der Waals surface area contributed by atoms with Crippen LogP contribution in [0.4, 0.5) is 4.79 Å². The molecule has 0 aliphatic carbocycles. The molecule has 164 valence electrons. The quantitative estimate of drug-likeness (QED) is 0.553. The molecule has 1 aromatic carbocycles. The SMILES string of the molecule is CN1C(=O)C2C(N=CN2CC(=O)OCc2cc(-c3cc4ccccc4o3)on2)N(C)C1=O. The largest absolute Gasteiger partial charge is 0.458 e. The number of furan rings is 1. The minimum atomic E-state index is -0.762. The number of carbonyl (C=O) groups is 3. The van der Waals surface area contributed by atoms with E-state index in [-0.39, 0.29) is 13.2 Å². The van der Waals surface area contributed by atoms with Crippen LogP contribution in [-0.2, 0) is 20.9 Å². The van der Waals surface area contributed by atoms with E-state index in [0.717, 1.165) is 15.9 Å². The molecule has 0 radical (unpaired) electrons. The van der Waals surface area contributed by atoms with Crippen LogP contribution in [0.15, 0.2) is 50.3 Å². The summed E-state index contributed by atoms with van der Waals surface area (Å²) in [5.41, 5.74) is 1.15. The number of hydrogen-bond donors (Lipinski definition) is 0. The Morgan fingerprint density at radius 1 is 1.16 bits per heavy atom. The van der Waals surface area contributed by atoms with Crippen LogP contribution in [0.5, 0.6) is 0 Å². The maximum Gasteiger partial charge on any atom is 0.328 e. The molecular weight excluding hydrogens is 418 g/mol. The van der Waals surface area contributed by atoms with Gasteiger partial charge in [-0.05, 0) is 12.1 Å². The fourth-order valence-corrected chi connectivity index (χ4v) is 3.79. The monoisotopic (exact) mass is 437 g/mol. The lowest BCUT2D eigenvalue weighted by Gasteiger charge is -2.39. The molecule has 32 heavy (non-hydrogen) atoms. The molecule has 1 saturated heterocycles. The molecule has 2 unspecified atom stereocenters. The number of hydrogen-bond acceptors (Lipinski definition) is 9. The first-order valence-electron chi connectivity index (χ1n) is 9.86. The number of carbonyl (C=O) groups excluding carboxylic acids is 3. The van der Waals surface area contributed by atoms with Gasteiger partial charge in [-0.3, -0.25) is 14.5 Å². The topological polar surface area (TPSA) is 122 Å². The van der Waals surface area contributed by atoms with Gasteiger partial charge < -0.3 is 23.5 Å². The number of nitrogens with zero attached hydrogens (tertiary/aromatic N) is 5. The Kier molecular flexibility index (Phi) is 4.65. The highest BCUT2D eigenvalue weighted by atomic mass is 16.5. The highest BCUT2D eigenvalue weighted by Crippen LogP contribution is 2.28. The Hall–Kier alpha value is -4.15. The van der Waals surface area contributed by atoms with Crippen molar-refractivity contribution in [2.45, 2.75) is 18.8 Å². The molecule has 5 rings (SSSR count). The van der Waals surface area contributed by atoms with Gasteiger partial charge in [0.05, 0.1) is 6.34 Å². The molecule has 3 amide bonds. The van der Waals surface area contributed by atoms with E-state index in [4.69, 9.17) is 13.7 Å². The van der Waals surface area contributed by atoms with Gasteiger partial charge in [0.15, 0.2) is 18.0 Å². The molecule has 2 aromatic heterocycles. The standard InChI is InChI=1S/C21H19N5O6/c1-24-19-18(20(28)25(2)21(24)29)26(11-22-19)9-17(27)30-10-13-8-16(32-23-13)15-7-12-5-3-4-6-14(12)31-15/h3-8,11,18-19H,9-10H2,1-2H3. The highest BCUT2D eigenvalue weighted by Gasteiger charge is 2.48. The molecule has 2 aliphatic rings. The number of rotatable bonds is 5. The first-order valence-corrected chi connectivity index (χ1v) is 9.86. The van der Waals surface area contributed by atoms with Crippen molar-refractivity contribution in [1.29, 1.82) is 0 Å². The van der Waals surface area contributed by atoms with Crippen molar-refractivity contribution in [2.24, 2.45) is 4.99 Å². The number of urea groups is 1. The van der Waals surface area contributed by atoms with E-state index >= 15 is 0 Å². The van der Waals surface area contributed by atoms with E-state index in [1.165, 1.54) is 23.2 Å². The summed E-state index contributed by atoms with van der Waals surface area (Å²) in [5, 5.41) is 4.85. The van der Waals surface area contributed by atoms with E-state index < -0.39 is 30.1 Å². The van der Waals surface area contributed by atoms with Gasteiger partial charge >= 0.3 is 12.0 Å². The van der Waals surface area contributed by atoms with Gasteiger partial charge in [0.25, 0.3) is 5.91 Å². The van der Waals surface area contributed by atoms with E-state index in [1.807, 2.05) is 30.3 Å². The number of aromatic nitrogens is 1. The van der Waals surface area contributed by atoms with Crippen LogP contribution < -0.4 is 0 Å². The lowest BCUT2D eigenvalue weighted by atomic mass is 10.1. The summed E-state index contributed by atoms with van der Waals surface area (Å²) < 4.78 is 16.3. The fraction of sp³-hybridized carbons (Fsp3) is 0.286. The molecule has 11 nitrogen and oxygen atoms in total. The summed E-state index contributed by atoms with van der Waals surface area (Å²) >= 11 is 0. The molecule has 2 atom stereocenters. The van der Waals surface area contributed by atoms with Crippen LogP contribution in [0.1, 0.15) is 5.69 Å². The third-order valence-corrected chi connectivity index (χ3v) is 5.50. The molecule has 0 spiro atoms. The van der Waals surface area contributed by atoms with Crippen molar-refractivity contribution in [3.05, 3.63) is 42.1 Å². The summed E-state index contributed by atoms with van der Waals surface area (Å²) in [6.07, 6.45) is 0.730. The smallest absolute Gasteiger partial charge is 0.328 e. The molecule has 2 aliphatic heterocycles. The van der Waals surface area contributed by atoms with Crippen LogP contribution in [-0.4, -0.2) is 77.0 Å². The lowest BCUT2D eigenvalue weighted by Crippen LogP contribution is -2.64. The molecular formula is C21H19N5O6. The zero-order valence-corrected chi connectivity index (χ0v) is 17.3. The van der Waals surface area contributed by atoms with Gasteiger partial charge in [-0.1, -0.05) is 23.4 Å². The van der Waals surface area contributed by atoms with Crippen LogP contribution in [0.25, 0.3) is 22.5 Å². The number of para-hydroxylation sites is 1. The molecule has 0 saturated carbocycles. The minimum absolute atomic E-state index is 0.103. The second-order valence-corrected chi connectivity index (χ2v) is 7.58. The number of aliphatic imine (C=N–C) groups is 1. The van der Waals surface area contributed by atoms with E-state index in [2.05, 4.69) is 10.1 Å². The predicted octanol–water partition coefficient (Wildman–Crippen LogP) is 1.69. The molecule has 0 bridgehead atoms. The predicted molar refractivity (Wildman–Crippen MR) is 110 cm³/mol. The Morgan fingerprint density at radius 2 is 1.97 bits per heavy atom. The van der Waals surface area contributed by atoms with Crippen LogP contribution in [0.2, 0.25) is 0 Å². The summed E-state index contributed by atoms with van der Waals surface area (Å²) in [7, 11) is 2.96. The number of imide groups is 1. The van der Waals surface area contributed by atoms with Crippen molar-refractivity contribution in [3.63, 3.8) is 0 Å². The van der Waals surface area contributed by atoms with E-state index in [1.54, 1.807) is 13.1 Å². The number of amides is 3. The first kappa shape index (κ1) is 19.8. The third-order valence-electron chi connectivity index (χ3n) is 5.50. The highest BCUT2D eigenvalue weighted by molar-refractivity contribution is 6.02. The molecule has 3 aromatic rings. The number of ether oxygens (including phenoxy) is 1. The van der Waals surface area contributed by atoms with E-state index in [0.29, 0.717) is 17.2 Å². The maximum absolute atomic E-state index is 12.5. The van der Waals surface area contributed by atoms with Crippen molar-refractivity contribution in [2.75, 3.05) is 20.6 Å². The first-order chi connectivity index (χ1) is 15.4. The summed E-state index contributed by atoms with van der Waals surface area (Å²) in [6, 6.07) is 9.85. The van der Waals surface area contributed by atoms with Crippen molar-refractivity contribution < 1.29 is 28.1 Å². The average molecular weight is 437 g/mol. The Morgan fingerprint density at radius 3 is 2.78 bits per heavy atom. The van der Waals surface area contributed by atoms with Crippen LogP contribution >= 0.6 is 0 Å². The summed E-state index contributed by atoms with van der Waals surface area (Å²) in [6.45, 7) is -0.297. The normalized spacial score (nSPS) is 20.4. The van der Waals surface area contributed by atoms with Gasteiger partial charge in [-0.2, -0.15) is 0 Å². The fourth-order valence-electron chi connectivity index (χ4n) is 3.79. The van der Waals surface area contributed by atoms with Gasteiger partial charge in [-0.25, -0.2) is 9.79 Å². The van der Waals surface area contributed by atoms with E-state index in [9.17, 15) is 14.4 Å². The lowest BCUT2D eigenvalue weighted by molar-refractivity contribution is -0.147. The van der Waals surface area contributed by atoms with Crippen molar-refractivity contribution in [1.82, 2.24) is 19.9 Å². The molecule has 4 heterocycles. The average Bonchev–Trinajstić information content (AvgIpc) is 3.52.